The van der Waals surface area contributed by atoms with Crippen molar-refractivity contribution >= 4 is 22.6 Å². The van der Waals surface area contributed by atoms with Gasteiger partial charge in [-0.05, 0) is 24.6 Å². The Kier molecular flexibility index (Phi) is 2.76. The number of nitrogens with zero attached hydrogens (tertiary/aromatic N) is 2. The number of halogens is 1. The summed E-state index contributed by atoms with van der Waals surface area (Å²) in [6.07, 6.45) is 1.64. The van der Waals surface area contributed by atoms with Crippen LogP contribution in [0.3, 0.4) is 0 Å². The third-order valence-corrected chi connectivity index (χ3v) is 2.85. The fourth-order valence-corrected chi connectivity index (χ4v) is 1.96. The van der Waals surface area contributed by atoms with Gasteiger partial charge in [-0.2, -0.15) is 0 Å². The minimum atomic E-state index is -0.168. The first-order valence-electron chi connectivity index (χ1n) is 5.52. The highest BCUT2D eigenvalue weighted by molar-refractivity contribution is 6.29. The number of hydrogen-bond acceptors (Lipinski definition) is 5. The summed E-state index contributed by atoms with van der Waals surface area (Å²) in [5, 5.41) is 18.0. The topological polar surface area (TPSA) is 68.4 Å². The van der Waals surface area contributed by atoms with Crippen molar-refractivity contribution in [3.63, 3.8) is 0 Å². The normalized spacial score (nSPS) is 10.8. The average Bonchev–Trinajstić information content (AvgIpc) is 2.76. The summed E-state index contributed by atoms with van der Waals surface area (Å²) in [4.78, 5) is 0. The van der Waals surface area contributed by atoms with Gasteiger partial charge >= 0.3 is 0 Å². The van der Waals surface area contributed by atoms with Crippen LogP contribution in [0.5, 0.6) is 17.4 Å². The molecule has 0 saturated carbocycles. The summed E-state index contributed by atoms with van der Waals surface area (Å²) in [6.45, 7) is 1.91. The zero-order valence-corrected chi connectivity index (χ0v) is 10.7. The maximum Gasteiger partial charge on any atom is 0.281 e. The molecule has 1 N–H and O–H groups in total. The molecular weight excluding hydrogens is 268 g/mol. The lowest BCUT2D eigenvalue weighted by Gasteiger charge is -2.07. The first kappa shape index (κ1) is 11.8. The van der Waals surface area contributed by atoms with E-state index in [-0.39, 0.29) is 16.8 Å². The zero-order chi connectivity index (χ0) is 13.4. The molecule has 0 bridgehead atoms. The number of hydrogen-bond donors (Lipinski definition) is 1. The molecule has 0 aliphatic rings. The van der Waals surface area contributed by atoms with Crippen molar-refractivity contribution in [2.24, 2.45) is 0 Å². The lowest BCUT2D eigenvalue weighted by molar-refractivity contribution is 0.394. The highest BCUT2D eigenvalue weighted by Gasteiger charge is 2.13. The van der Waals surface area contributed by atoms with Crippen molar-refractivity contribution in [2.45, 2.75) is 6.92 Å². The molecule has 0 atom stereocenters. The number of benzene rings is 1. The van der Waals surface area contributed by atoms with Gasteiger partial charge < -0.3 is 14.3 Å². The summed E-state index contributed by atoms with van der Waals surface area (Å²) in [7, 11) is 0. The summed E-state index contributed by atoms with van der Waals surface area (Å²) in [6, 6.07) is 6.66. The van der Waals surface area contributed by atoms with Crippen LogP contribution in [0.15, 0.2) is 34.9 Å². The second-order valence-electron chi connectivity index (χ2n) is 4.01. The molecule has 0 spiro atoms. The molecule has 6 heteroatoms. The van der Waals surface area contributed by atoms with Crippen LogP contribution in [0.4, 0.5) is 0 Å². The lowest BCUT2D eigenvalue weighted by atomic mass is 10.2. The third-order valence-electron chi connectivity index (χ3n) is 2.66. The fourth-order valence-electron chi connectivity index (χ4n) is 1.82. The quantitative estimate of drug-likeness (QED) is 0.773. The summed E-state index contributed by atoms with van der Waals surface area (Å²) in [5.74, 6) is 0.367. The molecule has 0 fully saturated rings. The predicted molar refractivity (Wildman–Crippen MR) is 69.7 cm³/mol. The van der Waals surface area contributed by atoms with E-state index in [0.717, 1.165) is 10.9 Å². The monoisotopic (exact) mass is 276 g/mol. The molecular formula is C13H9ClN2O3. The highest BCUT2D eigenvalue weighted by atomic mass is 35.5. The van der Waals surface area contributed by atoms with Gasteiger partial charge in [0.05, 0.1) is 11.6 Å². The van der Waals surface area contributed by atoms with Gasteiger partial charge in [-0.15, -0.1) is 10.2 Å². The maximum absolute atomic E-state index is 9.71. The second-order valence-corrected chi connectivity index (χ2v) is 4.39. The molecule has 3 rings (SSSR count). The Morgan fingerprint density at radius 2 is 2.16 bits per heavy atom. The zero-order valence-electron chi connectivity index (χ0n) is 9.92. The molecule has 96 valence electrons. The average molecular weight is 277 g/mol. The highest BCUT2D eigenvalue weighted by Crippen LogP contribution is 2.35. The van der Waals surface area contributed by atoms with Gasteiger partial charge in [-0.1, -0.05) is 17.7 Å². The maximum atomic E-state index is 9.71. The van der Waals surface area contributed by atoms with E-state index in [4.69, 9.17) is 20.8 Å². The van der Waals surface area contributed by atoms with E-state index < -0.39 is 0 Å². The molecule has 2 heterocycles. The largest absolute Gasteiger partial charge is 0.503 e. The van der Waals surface area contributed by atoms with Crippen LogP contribution in [0.2, 0.25) is 5.15 Å². The van der Waals surface area contributed by atoms with Crippen LogP contribution in [-0.2, 0) is 0 Å². The van der Waals surface area contributed by atoms with Crippen LogP contribution < -0.4 is 4.74 Å². The van der Waals surface area contributed by atoms with Crippen molar-refractivity contribution in [3.05, 3.63) is 41.2 Å². The summed E-state index contributed by atoms with van der Waals surface area (Å²) >= 11 is 5.62. The van der Waals surface area contributed by atoms with Gasteiger partial charge in [0.15, 0.2) is 10.9 Å². The number of rotatable bonds is 2. The first-order valence-corrected chi connectivity index (χ1v) is 5.90. The van der Waals surface area contributed by atoms with Crippen LogP contribution in [0.1, 0.15) is 5.56 Å². The van der Waals surface area contributed by atoms with Gasteiger partial charge in [0, 0.05) is 6.07 Å². The minimum Gasteiger partial charge on any atom is -0.503 e. The molecule has 3 aromatic rings. The molecule has 0 amide bonds. The van der Waals surface area contributed by atoms with E-state index in [0.29, 0.717) is 11.3 Å². The van der Waals surface area contributed by atoms with E-state index in [1.165, 1.54) is 6.07 Å². The number of aryl methyl sites for hydroxylation is 1. The summed E-state index contributed by atoms with van der Waals surface area (Å²) < 4.78 is 11.0. The second kappa shape index (κ2) is 4.44. The number of aromatic nitrogens is 2. The van der Waals surface area contributed by atoms with E-state index in [1.807, 2.05) is 13.0 Å². The standard InChI is InChI=1S/C13H9ClN2O3/c1-7-6-18-9-3-2-4-10(12(7)9)19-13-8(17)5-11(14)15-16-13/h2-6H,1H3,(H,15,17). The van der Waals surface area contributed by atoms with E-state index in [2.05, 4.69) is 10.2 Å². The van der Waals surface area contributed by atoms with Crippen LogP contribution >= 0.6 is 11.6 Å². The van der Waals surface area contributed by atoms with E-state index >= 15 is 0 Å². The molecule has 0 aliphatic carbocycles. The Balaban J connectivity index is 2.08. The fraction of sp³-hybridized carbons (Fsp3) is 0.0769. The molecule has 2 aromatic heterocycles. The SMILES string of the molecule is Cc1coc2cccc(Oc3nnc(Cl)cc3O)c12. The van der Waals surface area contributed by atoms with Gasteiger partial charge in [-0.25, -0.2) is 0 Å². The van der Waals surface area contributed by atoms with Gasteiger partial charge in [0.25, 0.3) is 5.88 Å². The Morgan fingerprint density at radius 3 is 2.95 bits per heavy atom. The minimum absolute atomic E-state index is 0.00231. The summed E-state index contributed by atoms with van der Waals surface area (Å²) in [5.41, 5.74) is 1.64. The Hall–Kier alpha value is -2.27. The first-order chi connectivity index (χ1) is 9.15. The number of furan rings is 1. The Labute approximate surface area is 113 Å². The lowest BCUT2D eigenvalue weighted by Crippen LogP contribution is -1.92. The molecule has 0 unspecified atom stereocenters. The van der Waals surface area contributed by atoms with Crippen LogP contribution in [0, 0.1) is 6.92 Å². The third kappa shape index (κ3) is 2.08. The van der Waals surface area contributed by atoms with Gasteiger partial charge in [0.1, 0.15) is 11.3 Å². The molecule has 5 nitrogen and oxygen atoms in total. The molecule has 19 heavy (non-hydrogen) atoms. The van der Waals surface area contributed by atoms with Gasteiger partial charge in [0.2, 0.25) is 0 Å². The molecule has 0 saturated heterocycles. The van der Waals surface area contributed by atoms with Gasteiger partial charge in [-0.3, -0.25) is 0 Å². The van der Waals surface area contributed by atoms with E-state index in [1.54, 1.807) is 18.4 Å². The van der Waals surface area contributed by atoms with Crippen molar-refractivity contribution in [2.75, 3.05) is 0 Å². The van der Waals surface area contributed by atoms with E-state index in [9.17, 15) is 5.11 Å². The van der Waals surface area contributed by atoms with Crippen LogP contribution in [0.25, 0.3) is 11.0 Å². The van der Waals surface area contributed by atoms with Crippen LogP contribution in [-0.4, -0.2) is 15.3 Å². The predicted octanol–water partition coefficient (Wildman–Crippen LogP) is 3.68. The smallest absolute Gasteiger partial charge is 0.281 e. The Morgan fingerprint density at radius 1 is 1.32 bits per heavy atom. The Bertz CT molecular complexity index is 755. The molecule has 1 aromatic carbocycles. The molecule has 0 radical (unpaired) electrons. The van der Waals surface area contributed by atoms with Crippen molar-refractivity contribution in [1.29, 1.82) is 0 Å². The number of fused-ring (bicyclic) bond motifs is 1. The molecule has 0 aliphatic heterocycles. The van der Waals surface area contributed by atoms with Crippen molar-refractivity contribution < 1.29 is 14.3 Å². The number of ether oxygens (including phenoxy) is 1. The number of aromatic hydroxyl groups is 1. The van der Waals surface area contributed by atoms with Crippen molar-refractivity contribution in [1.82, 2.24) is 10.2 Å². The van der Waals surface area contributed by atoms with Crippen molar-refractivity contribution in [3.8, 4) is 17.4 Å².